The molecule has 1 spiro atoms. The van der Waals surface area contributed by atoms with E-state index in [2.05, 4.69) is 10.6 Å². The van der Waals surface area contributed by atoms with Crippen LogP contribution in [0.1, 0.15) is 37.8 Å². The Morgan fingerprint density at radius 1 is 1.35 bits per heavy atom. The lowest BCUT2D eigenvalue weighted by atomic mass is 9.76. The fraction of sp³-hybridized carbons (Fsp3) is 0.471. The lowest BCUT2D eigenvalue weighted by molar-refractivity contribution is -0.135. The zero-order valence-electron chi connectivity index (χ0n) is 13.4. The molecule has 2 aliphatic rings. The number of urea groups is 1. The van der Waals surface area contributed by atoms with Crippen LogP contribution in [0.4, 0.5) is 4.79 Å². The van der Waals surface area contributed by atoms with E-state index in [4.69, 9.17) is 0 Å². The van der Waals surface area contributed by atoms with Gasteiger partial charge < -0.3 is 10.6 Å². The molecular formula is C17H21N3O3. The summed E-state index contributed by atoms with van der Waals surface area (Å²) in [4.78, 5) is 38.2. The SMILES string of the molecule is CC(C)NC(=O)CN1C(=O)N[C@@]2(CCCc3ccccc32)C1=O. The van der Waals surface area contributed by atoms with Crippen LogP contribution in [0.5, 0.6) is 0 Å². The Morgan fingerprint density at radius 2 is 2.09 bits per heavy atom. The maximum Gasteiger partial charge on any atom is 0.325 e. The number of hydrogen-bond acceptors (Lipinski definition) is 3. The van der Waals surface area contributed by atoms with Crippen molar-refractivity contribution in [2.45, 2.75) is 44.7 Å². The highest BCUT2D eigenvalue weighted by atomic mass is 16.2. The highest BCUT2D eigenvalue weighted by Gasteiger charge is 2.54. The van der Waals surface area contributed by atoms with Gasteiger partial charge in [0, 0.05) is 6.04 Å². The number of amides is 4. The Hall–Kier alpha value is -2.37. The van der Waals surface area contributed by atoms with Gasteiger partial charge in [-0.1, -0.05) is 24.3 Å². The second-order valence-electron chi connectivity index (χ2n) is 6.46. The van der Waals surface area contributed by atoms with Crippen LogP contribution in [0.15, 0.2) is 24.3 Å². The largest absolute Gasteiger partial charge is 0.352 e. The first-order valence-corrected chi connectivity index (χ1v) is 7.96. The number of nitrogens with zero attached hydrogens (tertiary/aromatic N) is 1. The molecule has 23 heavy (non-hydrogen) atoms. The smallest absolute Gasteiger partial charge is 0.325 e. The van der Waals surface area contributed by atoms with Crippen molar-refractivity contribution in [3.8, 4) is 0 Å². The third-order valence-electron chi connectivity index (χ3n) is 4.40. The number of fused-ring (bicyclic) bond motifs is 2. The first-order valence-electron chi connectivity index (χ1n) is 7.96. The summed E-state index contributed by atoms with van der Waals surface area (Å²) in [6.07, 6.45) is 2.29. The molecule has 0 saturated carbocycles. The van der Waals surface area contributed by atoms with Crippen LogP contribution in [-0.2, 0) is 21.5 Å². The molecule has 2 N–H and O–H groups in total. The number of imide groups is 1. The van der Waals surface area contributed by atoms with Crippen LogP contribution in [0.25, 0.3) is 0 Å². The van der Waals surface area contributed by atoms with Crippen LogP contribution in [0.2, 0.25) is 0 Å². The van der Waals surface area contributed by atoms with Crippen LogP contribution < -0.4 is 10.6 Å². The predicted octanol–water partition coefficient (Wildman–Crippen LogP) is 1.29. The predicted molar refractivity (Wildman–Crippen MR) is 84.6 cm³/mol. The van der Waals surface area contributed by atoms with Gasteiger partial charge in [-0.05, 0) is 44.2 Å². The van der Waals surface area contributed by atoms with E-state index in [9.17, 15) is 14.4 Å². The molecule has 122 valence electrons. The average Bonchev–Trinajstić information content (AvgIpc) is 2.72. The minimum Gasteiger partial charge on any atom is -0.352 e. The van der Waals surface area contributed by atoms with Gasteiger partial charge in [0.15, 0.2) is 0 Å². The van der Waals surface area contributed by atoms with Gasteiger partial charge in [-0.3, -0.25) is 14.5 Å². The van der Waals surface area contributed by atoms with Crippen molar-refractivity contribution >= 4 is 17.8 Å². The van der Waals surface area contributed by atoms with Gasteiger partial charge in [-0.25, -0.2) is 4.79 Å². The van der Waals surface area contributed by atoms with Crippen LogP contribution in [0.3, 0.4) is 0 Å². The molecule has 1 atom stereocenters. The molecule has 6 nitrogen and oxygen atoms in total. The van der Waals surface area contributed by atoms with Crippen molar-refractivity contribution in [2.75, 3.05) is 6.54 Å². The molecule has 1 fully saturated rings. The monoisotopic (exact) mass is 315 g/mol. The fourth-order valence-corrected chi connectivity index (χ4v) is 3.47. The number of carbonyl (C=O) groups is 3. The molecular weight excluding hydrogens is 294 g/mol. The van der Waals surface area contributed by atoms with Gasteiger partial charge in [0.05, 0.1) is 0 Å². The standard InChI is InChI=1S/C17H21N3O3/c1-11(2)18-14(21)10-20-15(22)17(19-16(20)23)9-5-7-12-6-3-4-8-13(12)17/h3-4,6,8,11H,5,7,9-10H2,1-2H3,(H,18,21)(H,19,23)/t17-/m1/s1. The van der Waals surface area contributed by atoms with Gasteiger partial charge in [-0.15, -0.1) is 0 Å². The first kappa shape index (κ1) is 15.5. The Balaban J connectivity index is 1.89. The summed E-state index contributed by atoms with van der Waals surface area (Å²) >= 11 is 0. The molecule has 0 unspecified atom stereocenters. The summed E-state index contributed by atoms with van der Waals surface area (Å²) < 4.78 is 0. The molecule has 1 aliphatic carbocycles. The highest BCUT2D eigenvalue weighted by Crippen LogP contribution is 2.39. The maximum atomic E-state index is 12.9. The molecule has 1 heterocycles. The van der Waals surface area contributed by atoms with Gasteiger partial charge in [0.2, 0.25) is 5.91 Å². The Bertz CT molecular complexity index is 671. The summed E-state index contributed by atoms with van der Waals surface area (Å²) in [5.41, 5.74) is 0.932. The number of rotatable bonds is 3. The molecule has 6 heteroatoms. The lowest BCUT2D eigenvalue weighted by Gasteiger charge is -2.33. The van der Waals surface area contributed by atoms with Crippen molar-refractivity contribution in [3.63, 3.8) is 0 Å². The maximum absolute atomic E-state index is 12.9. The van der Waals surface area contributed by atoms with Gasteiger partial charge >= 0.3 is 6.03 Å². The van der Waals surface area contributed by atoms with E-state index in [1.54, 1.807) is 0 Å². The summed E-state index contributed by atoms with van der Waals surface area (Å²) in [5.74, 6) is -0.654. The molecule has 1 aromatic carbocycles. The summed E-state index contributed by atoms with van der Waals surface area (Å²) in [6, 6.07) is 7.17. The van der Waals surface area contributed by atoms with Crippen molar-refractivity contribution < 1.29 is 14.4 Å². The molecule has 3 rings (SSSR count). The number of carbonyl (C=O) groups excluding carboxylic acids is 3. The Labute approximate surface area is 135 Å². The fourth-order valence-electron chi connectivity index (χ4n) is 3.47. The third kappa shape index (κ3) is 2.58. The number of nitrogens with one attached hydrogen (secondary N) is 2. The Morgan fingerprint density at radius 3 is 2.83 bits per heavy atom. The van der Waals surface area contributed by atoms with Crippen molar-refractivity contribution in [1.82, 2.24) is 15.5 Å². The molecule has 1 saturated heterocycles. The zero-order valence-corrected chi connectivity index (χ0v) is 13.4. The van der Waals surface area contributed by atoms with E-state index in [0.717, 1.165) is 28.9 Å². The molecule has 0 bridgehead atoms. The summed E-state index contributed by atoms with van der Waals surface area (Å²) in [7, 11) is 0. The number of hydrogen-bond donors (Lipinski definition) is 2. The summed E-state index contributed by atoms with van der Waals surface area (Å²) in [5, 5.41) is 5.55. The molecule has 1 aromatic rings. The van der Waals surface area contributed by atoms with Gasteiger partial charge in [0.25, 0.3) is 5.91 Å². The van der Waals surface area contributed by atoms with Crippen molar-refractivity contribution in [3.05, 3.63) is 35.4 Å². The number of benzene rings is 1. The van der Waals surface area contributed by atoms with Crippen LogP contribution >= 0.6 is 0 Å². The topological polar surface area (TPSA) is 78.5 Å². The van der Waals surface area contributed by atoms with Crippen molar-refractivity contribution in [1.29, 1.82) is 0 Å². The zero-order chi connectivity index (χ0) is 16.6. The molecule has 0 radical (unpaired) electrons. The van der Waals surface area contributed by atoms with E-state index < -0.39 is 11.6 Å². The van der Waals surface area contributed by atoms with Crippen LogP contribution in [-0.4, -0.2) is 35.3 Å². The second-order valence-corrected chi connectivity index (χ2v) is 6.46. The lowest BCUT2D eigenvalue weighted by Crippen LogP contribution is -2.47. The minimum atomic E-state index is -1.01. The molecule has 4 amide bonds. The highest BCUT2D eigenvalue weighted by molar-refractivity contribution is 6.09. The van der Waals surface area contributed by atoms with E-state index in [-0.39, 0.29) is 24.4 Å². The van der Waals surface area contributed by atoms with E-state index >= 15 is 0 Å². The first-order chi connectivity index (χ1) is 10.9. The van der Waals surface area contributed by atoms with Crippen molar-refractivity contribution in [2.24, 2.45) is 0 Å². The van der Waals surface area contributed by atoms with Crippen LogP contribution in [0, 0.1) is 0 Å². The van der Waals surface area contributed by atoms with E-state index in [1.165, 1.54) is 0 Å². The normalized spacial score (nSPS) is 23.2. The number of aryl methyl sites for hydroxylation is 1. The van der Waals surface area contributed by atoms with E-state index in [0.29, 0.717) is 6.42 Å². The van der Waals surface area contributed by atoms with Gasteiger partial charge in [0.1, 0.15) is 12.1 Å². The minimum absolute atomic E-state index is 0.0346. The van der Waals surface area contributed by atoms with E-state index in [1.807, 2.05) is 38.1 Å². The Kier molecular flexibility index (Phi) is 3.83. The van der Waals surface area contributed by atoms with Gasteiger partial charge in [-0.2, -0.15) is 0 Å². The molecule has 1 aliphatic heterocycles. The average molecular weight is 315 g/mol. The third-order valence-corrected chi connectivity index (χ3v) is 4.40. The molecule has 0 aromatic heterocycles. The second kappa shape index (κ2) is 5.68. The summed E-state index contributed by atoms with van der Waals surface area (Å²) in [6.45, 7) is 3.43. The quantitative estimate of drug-likeness (QED) is 0.825.